The molecule has 0 saturated heterocycles. The number of carboxylic acids is 1. The summed E-state index contributed by atoms with van der Waals surface area (Å²) < 4.78 is 5.52. The van der Waals surface area contributed by atoms with Gasteiger partial charge in [-0.3, -0.25) is 0 Å². The fraction of sp³-hybridized carbons (Fsp3) is 0.600. The van der Waals surface area contributed by atoms with E-state index in [0.717, 1.165) is 25.7 Å². The van der Waals surface area contributed by atoms with E-state index in [2.05, 4.69) is 6.92 Å². The summed E-state index contributed by atoms with van der Waals surface area (Å²) in [6.07, 6.45) is 10.0. The minimum absolute atomic E-state index is 0.00622. The monoisotopic (exact) mass is 334 g/mol. The molecule has 4 heteroatoms. The fourth-order valence-electron chi connectivity index (χ4n) is 2.74. The first-order valence-corrected chi connectivity index (χ1v) is 9.13. The van der Waals surface area contributed by atoms with Gasteiger partial charge in [0.25, 0.3) is 0 Å². The lowest BCUT2D eigenvalue weighted by molar-refractivity contribution is 0.0262. The standard InChI is InChI=1S/C20H30O4/c1-3-5-6-7-8-9-10-13-16(4-2)24-20(23)18-15-12-11-14-17(18)19(21)22/h11-12,14-16H,3-10,13H2,1-2H3,(H,21,22)/t16-/m0/s1. The second-order valence-electron chi connectivity index (χ2n) is 6.20. The largest absolute Gasteiger partial charge is 0.478 e. The Balaban J connectivity index is 2.42. The van der Waals surface area contributed by atoms with Crippen LogP contribution in [0.15, 0.2) is 24.3 Å². The van der Waals surface area contributed by atoms with E-state index < -0.39 is 11.9 Å². The first kappa shape index (κ1) is 20.2. The Kier molecular flexibility index (Phi) is 9.81. The van der Waals surface area contributed by atoms with E-state index in [1.54, 1.807) is 12.1 Å². The van der Waals surface area contributed by atoms with Gasteiger partial charge in [0.1, 0.15) is 6.10 Å². The predicted molar refractivity (Wildman–Crippen MR) is 95.5 cm³/mol. The van der Waals surface area contributed by atoms with Crippen molar-refractivity contribution in [3.05, 3.63) is 35.4 Å². The molecule has 0 aliphatic rings. The molecule has 1 rings (SSSR count). The van der Waals surface area contributed by atoms with Crippen molar-refractivity contribution in [3.8, 4) is 0 Å². The lowest BCUT2D eigenvalue weighted by Gasteiger charge is -2.17. The zero-order chi connectivity index (χ0) is 17.8. The Morgan fingerprint density at radius 3 is 2.12 bits per heavy atom. The molecule has 0 bridgehead atoms. The number of benzene rings is 1. The second-order valence-corrected chi connectivity index (χ2v) is 6.20. The Morgan fingerprint density at radius 1 is 0.958 bits per heavy atom. The summed E-state index contributed by atoms with van der Waals surface area (Å²) in [7, 11) is 0. The summed E-state index contributed by atoms with van der Waals surface area (Å²) in [5.41, 5.74) is 0.122. The normalized spacial score (nSPS) is 11.9. The van der Waals surface area contributed by atoms with Crippen LogP contribution >= 0.6 is 0 Å². The molecular formula is C20H30O4. The highest BCUT2D eigenvalue weighted by Gasteiger charge is 2.20. The molecule has 1 aromatic carbocycles. The van der Waals surface area contributed by atoms with Gasteiger partial charge in [-0.2, -0.15) is 0 Å². The van der Waals surface area contributed by atoms with Gasteiger partial charge < -0.3 is 9.84 Å². The van der Waals surface area contributed by atoms with Gasteiger partial charge in [0.05, 0.1) is 11.1 Å². The average molecular weight is 334 g/mol. The lowest BCUT2D eigenvalue weighted by Crippen LogP contribution is -2.19. The number of esters is 1. The highest BCUT2D eigenvalue weighted by molar-refractivity contribution is 6.02. The zero-order valence-corrected chi connectivity index (χ0v) is 14.9. The van der Waals surface area contributed by atoms with Crippen molar-refractivity contribution in [2.45, 2.75) is 77.7 Å². The topological polar surface area (TPSA) is 63.6 Å². The molecule has 4 nitrogen and oxygen atoms in total. The molecule has 0 spiro atoms. The Hall–Kier alpha value is -1.84. The minimum Gasteiger partial charge on any atom is -0.478 e. The summed E-state index contributed by atoms with van der Waals surface area (Å²) in [4.78, 5) is 23.5. The van der Waals surface area contributed by atoms with Crippen molar-refractivity contribution < 1.29 is 19.4 Å². The van der Waals surface area contributed by atoms with Crippen LogP contribution in [0.25, 0.3) is 0 Å². The quantitative estimate of drug-likeness (QED) is 0.407. The molecule has 0 amide bonds. The fourth-order valence-corrected chi connectivity index (χ4v) is 2.74. The number of hydrogen-bond acceptors (Lipinski definition) is 3. The molecule has 0 saturated carbocycles. The molecular weight excluding hydrogens is 304 g/mol. The molecule has 0 unspecified atom stereocenters. The number of aromatic carboxylic acids is 1. The zero-order valence-electron chi connectivity index (χ0n) is 14.9. The molecule has 0 fully saturated rings. The van der Waals surface area contributed by atoms with E-state index >= 15 is 0 Å². The van der Waals surface area contributed by atoms with Crippen LogP contribution in [-0.2, 0) is 4.74 Å². The van der Waals surface area contributed by atoms with E-state index in [1.807, 2.05) is 6.92 Å². The van der Waals surface area contributed by atoms with Gasteiger partial charge in [0.15, 0.2) is 0 Å². The highest BCUT2D eigenvalue weighted by atomic mass is 16.5. The molecule has 1 atom stereocenters. The molecule has 0 heterocycles. The van der Waals surface area contributed by atoms with Crippen LogP contribution in [0.4, 0.5) is 0 Å². The summed E-state index contributed by atoms with van der Waals surface area (Å²) in [6.45, 7) is 4.20. The minimum atomic E-state index is -1.11. The van der Waals surface area contributed by atoms with Gasteiger partial charge in [0.2, 0.25) is 0 Å². The SMILES string of the molecule is CCCCCCCCC[C@H](CC)OC(=O)c1ccccc1C(=O)O. The summed E-state index contributed by atoms with van der Waals surface area (Å²) in [6, 6.07) is 6.19. The molecule has 1 aromatic rings. The molecule has 0 aromatic heterocycles. The number of carbonyl (C=O) groups is 2. The first-order chi connectivity index (χ1) is 11.6. The molecule has 1 N–H and O–H groups in total. The molecule has 24 heavy (non-hydrogen) atoms. The van der Waals surface area contributed by atoms with Crippen molar-refractivity contribution in [2.24, 2.45) is 0 Å². The van der Waals surface area contributed by atoms with Crippen LogP contribution in [0.3, 0.4) is 0 Å². The van der Waals surface area contributed by atoms with Crippen LogP contribution in [0, 0.1) is 0 Å². The number of rotatable bonds is 12. The van der Waals surface area contributed by atoms with Gasteiger partial charge in [0, 0.05) is 0 Å². The van der Waals surface area contributed by atoms with E-state index in [0.29, 0.717) is 0 Å². The maximum Gasteiger partial charge on any atom is 0.339 e. The molecule has 134 valence electrons. The number of carboxylic acid groups (broad SMARTS) is 1. The Morgan fingerprint density at radius 2 is 1.54 bits per heavy atom. The Labute approximate surface area is 145 Å². The maximum absolute atomic E-state index is 12.3. The van der Waals surface area contributed by atoms with Crippen LogP contribution in [0.5, 0.6) is 0 Å². The Bertz CT molecular complexity index is 510. The van der Waals surface area contributed by atoms with E-state index in [9.17, 15) is 9.59 Å². The third-order valence-corrected chi connectivity index (χ3v) is 4.24. The van der Waals surface area contributed by atoms with E-state index in [-0.39, 0.29) is 17.2 Å². The number of carbonyl (C=O) groups excluding carboxylic acids is 1. The highest BCUT2D eigenvalue weighted by Crippen LogP contribution is 2.17. The molecule has 0 radical (unpaired) electrons. The van der Waals surface area contributed by atoms with Gasteiger partial charge in [-0.15, -0.1) is 0 Å². The van der Waals surface area contributed by atoms with Gasteiger partial charge in [-0.05, 0) is 31.4 Å². The van der Waals surface area contributed by atoms with Gasteiger partial charge in [-0.1, -0.05) is 64.5 Å². The van der Waals surface area contributed by atoms with Crippen molar-refractivity contribution in [1.82, 2.24) is 0 Å². The summed E-state index contributed by atoms with van der Waals surface area (Å²) in [5, 5.41) is 9.16. The van der Waals surface area contributed by atoms with Gasteiger partial charge >= 0.3 is 11.9 Å². The lowest BCUT2D eigenvalue weighted by atomic mass is 10.0. The third kappa shape index (κ3) is 7.16. The van der Waals surface area contributed by atoms with Crippen LogP contribution < -0.4 is 0 Å². The number of unbranched alkanes of at least 4 members (excludes halogenated alkanes) is 6. The average Bonchev–Trinajstić information content (AvgIpc) is 2.59. The van der Waals surface area contributed by atoms with Crippen LogP contribution in [0.1, 0.15) is 92.4 Å². The van der Waals surface area contributed by atoms with Crippen molar-refractivity contribution >= 4 is 11.9 Å². The van der Waals surface area contributed by atoms with Crippen molar-refractivity contribution in [2.75, 3.05) is 0 Å². The number of hydrogen-bond donors (Lipinski definition) is 1. The van der Waals surface area contributed by atoms with Crippen molar-refractivity contribution in [1.29, 1.82) is 0 Å². The molecule has 0 aliphatic heterocycles. The second kappa shape index (κ2) is 11.7. The van der Waals surface area contributed by atoms with Gasteiger partial charge in [-0.25, -0.2) is 9.59 Å². The van der Waals surface area contributed by atoms with E-state index in [4.69, 9.17) is 9.84 Å². The first-order valence-electron chi connectivity index (χ1n) is 9.13. The molecule has 0 aliphatic carbocycles. The number of ether oxygens (including phenoxy) is 1. The van der Waals surface area contributed by atoms with Crippen LogP contribution in [-0.4, -0.2) is 23.1 Å². The summed E-state index contributed by atoms with van der Waals surface area (Å²) >= 11 is 0. The maximum atomic E-state index is 12.3. The predicted octanol–water partition coefficient (Wildman–Crippen LogP) is 5.46. The smallest absolute Gasteiger partial charge is 0.339 e. The van der Waals surface area contributed by atoms with E-state index in [1.165, 1.54) is 44.2 Å². The van der Waals surface area contributed by atoms with Crippen molar-refractivity contribution in [3.63, 3.8) is 0 Å². The summed E-state index contributed by atoms with van der Waals surface area (Å²) in [5.74, 6) is -1.65. The third-order valence-electron chi connectivity index (χ3n) is 4.24. The van der Waals surface area contributed by atoms with Crippen LogP contribution in [0.2, 0.25) is 0 Å².